The van der Waals surface area contributed by atoms with Crippen LogP contribution in [0.2, 0.25) is 0 Å². The topological polar surface area (TPSA) is 106 Å². The summed E-state index contributed by atoms with van der Waals surface area (Å²) in [6.07, 6.45) is 1.95. The van der Waals surface area contributed by atoms with Crippen LogP contribution in [0, 0.1) is 15.9 Å². The number of carbonyl (C=O) groups is 2. The van der Waals surface area contributed by atoms with E-state index < -0.39 is 22.6 Å². The number of nitro benzene ring substituents is 1. The van der Waals surface area contributed by atoms with Crippen molar-refractivity contribution in [2.75, 3.05) is 22.9 Å². The van der Waals surface area contributed by atoms with Gasteiger partial charge < -0.3 is 9.64 Å². The van der Waals surface area contributed by atoms with Crippen LogP contribution in [0.5, 0.6) is 0 Å². The Morgan fingerprint density at radius 1 is 1.24 bits per heavy atom. The lowest BCUT2D eigenvalue weighted by atomic mass is 10.1. The fourth-order valence-corrected chi connectivity index (χ4v) is 4.62. The first-order chi connectivity index (χ1) is 16.3. The molecule has 11 heteroatoms. The number of nitrogens with zero attached hydrogens (tertiary/aromatic N) is 4. The number of para-hydroxylation sites is 1. The van der Waals surface area contributed by atoms with Gasteiger partial charge in [0.05, 0.1) is 27.6 Å². The van der Waals surface area contributed by atoms with Crippen LogP contribution < -0.4 is 9.80 Å². The molecule has 1 fully saturated rings. The van der Waals surface area contributed by atoms with Gasteiger partial charge in [-0.25, -0.2) is 14.2 Å². The average molecular weight is 485 g/mol. The van der Waals surface area contributed by atoms with Crippen molar-refractivity contribution in [3.05, 3.63) is 75.0 Å². The molecule has 2 heterocycles. The molecule has 0 atom stereocenters. The number of anilines is 3. The number of halogens is 1. The van der Waals surface area contributed by atoms with Gasteiger partial charge in [-0.1, -0.05) is 12.1 Å². The highest BCUT2D eigenvalue weighted by molar-refractivity contribution is 7.14. The molecule has 34 heavy (non-hydrogen) atoms. The maximum Gasteiger partial charge on any atom is 0.340 e. The molecule has 4 rings (SSSR count). The van der Waals surface area contributed by atoms with Crippen LogP contribution in [-0.4, -0.2) is 34.9 Å². The molecule has 1 amide bonds. The van der Waals surface area contributed by atoms with Gasteiger partial charge in [0.25, 0.3) is 5.69 Å². The summed E-state index contributed by atoms with van der Waals surface area (Å²) in [5.41, 5.74) is 0.939. The highest BCUT2D eigenvalue weighted by atomic mass is 32.1. The van der Waals surface area contributed by atoms with Gasteiger partial charge in [-0.15, -0.1) is 11.3 Å². The Balaban J connectivity index is 1.53. The summed E-state index contributed by atoms with van der Waals surface area (Å²) in [7, 11) is 0. The molecule has 0 saturated carbocycles. The molecule has 176 valence electrons. The fraction of sp³-hybridized carbons (Fsp3) is 0.261. The SMILES string of the molecule is CC(=O)N(c1nc(COC(=O)c2cc([N+](=O)[O-])ccc2N2CCCC2)cs1)c1ccccc1F. The third kappa shape index (κ3) is 4.88. The summed E-state index contributed by atoms with van der Waals surface area (Å²) in [5, 5.41) is 13.1. The van der Waals surface area contributed by atoms with Crippen LogP contribution in [0.15, 0.2) is 47.8 Å². The molecule has 1 aliphatic rings. The van der Waals surface area contributed by atoms with Crippen LogP contribution in [0.4, 0.5) is 26.6 Å². The molecule has 0 bridgehead atoms. The highest BCUT2D eigenvalue weighted by Gasteiger charge is 2.25. The Hall–Kier alpha value is -3.86. The van der Waals surface area contributed by atoms with Gasteiger partial charge in [-0.2, -0.15) is 0 Å². The van der Waals surface area contributed by atoms with Crippen molar-refractivity contribution in [2.24, 2.45) is 0 Å². The first kappa shape index (κ1) is 23.3. The number of esters is 1. The third-order valence-electron chi connectivity index (χ3n) is 5.35. The van der Waals surface area contributed by atoms with Crippen molar-refractivity contribution >= 4 is 45.4 Å². The molecule has 0 aliphatic carbocycles. The zero-order valence-corrected chi connectivity index (χ0v) is 19.1. The number of rotatable bonds is 7. The first-order valence-corrected chi connectivity index (χ1v) is 11.4. The van der Waals surface area contributed by atoms with E-state index in [1.54, 1.807) is 17.5 Å². The molecule has 0 radical (unpaired) electrons. The van der Waals surface area contributed by atoms with Gasteiger partial charge in [0.1, 0.15) is 12.4 Å². The Kier molecular flexibility index (Phi) is 6.82. The Morgan fingerprint density at radius 3 is 2.65 bits per heavy atom. The molecular weight excluding hydrogens is 463 g/mol. The van der Waals surface area contributed by atoms with Gasteiger partial charge in [0.2, 0.25) is 5.91 Å². The Bertz CT molecular complexity index is 1240. The number of amides is 1. The van der Waals surface area contributed by atoms with Crippen LogP contribution in [0.3, 0.4) is 0 Å². The first-order valence-electron chi connectivity index (χ1n) is 10.6. The lowest BCUT2D eigenvalue weighted by Gasteiger charge is -2.20. The van der Waals surface area contributed by atoms with Crippen LogP contribution >= 0.6 is 11.3 Å². The Morgan fingerprint density at radius 2 is 1.97 bits per heavy atom. The number of hydrogen-bond acceptors (Lipinski definition) is 8. The number of ether oxygens (including phenoxy) is 1. The van der Waals surface area contributed by atoms with E-state index in [0.717, 1.165) is 42.2 Å². The van der Waals surface area contributed by atoms with Crippen molar-refractivity contribution in [3.63, 3.8) is 0 Å². The molecule has 3 aromatic rings. The van der Waals surface area contributed by atoms with Crippen molar-refractivity contribution in [1.29, 1.82) is 0 Å². The standard InChI is InChI=1S/C23H21FN4O5S/c1-15(29)27(21-7-3-2-6-19(21)24)23-25-16(14-34-23)13-33-22(30)18-12-17(28(31)32)8-9-20(18)26-10-4-5-11-26/h2-3,6-9,12,14H,4-5,10-11,13H2,1H3. The normalized spacial score (nSPS) is 13.1. The summed E-state index contributed by atoms with van der Waals surface area (Å²) in [4.78, 5) is 43.2. The number of carbonyl (C=O) groups excluding carboxylic acids is 2. The largest absolute Gasteiger partial charge is 0.455 e. The molecule has 1 aliphatic heterocycles. The van der Waals surface area contributed by atoms with Crippen LogP contribution in [-0.2, 0) is 16.1 Å². The van der Waals surface area contributed by atoms with E-state index in [1.165, 1.54) is 37.3 Å². The lowest BCUT2D eigenvalue weighted by molar-refractivity contribution is -0.384. The zero-order valence-electron chi connectivity index (χ0n) is 18.3. The molecule has 1 saturated heterocycles. The van der Waals surface area contributed by atoms with Crippen LogP contribution in [0.1, 0.15) is 35.8 Å². The predicted molar refractivity (Wildman–Crippen MR) is 125 cm³/mol. The smallest absolute Gasteiger partial charge is 0.340 e. The summed E-state index contributed by atoms with van der Waals surface area (Å²) in [6, 6.07) is 10.0. The van der Waals surface area contributed by atoms with E-state index in [0.29, 0.717) is 11.4 Å². The maximum atomic E-state index is 14.3. The van der Waals surface area contributed by atoms with E-state index in [2.05, 4.69) is 4.98 Å². The molecular formula is C23H21FN4O5S. The second-order valence-corrected chi connectivity index (χ2v) is 8.49. The van der Waals surface area contributed by atoms with E-state index in [-0.39, 0.29) is 28.7 Å². The van der Waals surface area contributed by atoms with Crippen molar-refractivity contribution in [1.82, 2.24) is 4.98 Å². The lowest BCUT2D eigenvalue weighted by Crippen LogP contribution is -2.23. The summed E-state index contributed by atoms with van der Waals surface area (Å²) < 4.78 is 19.7. The van der Waals surface area contributed by atoms with Gasteiger partial charge in [-0.05, 0) is 31.0 Å². The quantitative estimate of drug-likeness (QED) is 0.269. The van der Waals surface area contributed by atoms with E-state index in [9.17, 15) is 24.1 Å². The monoisotopic (exact) mass is 484 g/mol. The van der Waals surface area contributed by atoms with E-state index >= 15 is 0 Å². The van der Waals surface area contributed by atoms with Gasteiger partial charge >= 0.3 is 5.97 Å². The van der Waals surface area contributed by atoms with Gasteiger partial charge in [0, 0.05) is 37.5 Å². The van der Waals surface area contributed by atoms with Crippen molar-refractivity contribution < 1.29 is 23.6 Å². The summed E-state index contributed by atoms with van der Waals surface area (Å²) >= 11 is 1.11. The predicted octanol–water partition coefficient (Wildman–Crippen LogP) is 4.83. The average Bonchev–Trinajstić information content (AvgIpc) is 3.51. The fourth-order valence-electron chi connectivity index (χ4n) is 3.76. The molecule has 1 aromatic heterocycles. The molecule has 0 unspecified atom stereocenters. The second-order valence-electron chi connectivity index (χ2n) is 7.66. The number of non-ortho nitro benzene ring substituents is 1. The minimum absolute atomic E-state index is 0.0692. The number of aromatic nitrogens is 1. The van der Waals surface area contributed by atoms with E-state index in [4.69, 9.17) is 4.74 Å². The molecule has 0 N–H and O–H groups in total. The summed E-state index contributed by atoms with van der Waals surface area (Å²) in [5.74, 6) is -1.70. The number of nitro groups is 1. The molecule has 2 aromatic carbocycles. The van der Waals surface area contributed by atoms with Crippen LogP contribution in [0.25, 0.3) is 0 Å². The number of hydrogen-bond donors (Lipinski definition) is 0. The van der Waals surface area contributed by atoms with Crippen molar-refractivity contribution in [2.45, 2.75) is 26.4 Å². The number of thiazole rings is 1. The highest BCUT2D eigenvalue weighted by Crippen LogP contribution is 2.32. The maximum absolute atomic E-state index is 14.3. The van der Waals surface area contributed by atoms with E-state index in [1.807, 2.05) is 4.90 Å². The molecule has 9 nitrogen and oxygen atoms in total. The number of benzene rings is 2. The minimum atomic E-state index is -0.710. The zero-order chi connectivity index (χ0) is 24.2. The second kappa shape index (κ2) is 9.96. The van der Waals surface area contributed by atoms with Crippen molar-refractivity contribution in [3.8, 4) is 0 Å². The minimum Gasteiger partial charge on any atom is -0.455 e. The molecule has 0 spiro atoms. The summed E-state index contributed by atoms with van der Waals surface area (Å²) in [6.45, 7) is 2.60. The van der Waals surface area contributed by atoms with Gasteiger partial charge in [0.15, 0.2) is 5.13 Å². The Labute approximate surface area is 198 Å². The third-order valence-corrected chi connectivity index (χ3v) is 6.22. The van der Waals surface area contributed by atoms with Gasteiger partial charge in [-0.3, -0.25) is 19.8 Å².